The smallest absolute Gasteiger partial charge is 0.120 e. The summed E-state index contributed by atoms with van der Waals surface area (Å²) in [5.74, 6) is 1.87. The van der Waals surface area contributed by atoms with Gasteiger partial charge in [-0.3, -0.25) is 4.90 Å². The van der Waals surface area contributed by atoms with Crippen LogP contribution in [0, 0.1) is 11.3 Å². The number of nitrogens with zero attached hydrogens (tertiary/aromatic N) is 1. The molecule has 4 rings (SSSR count). The SMILES string of the molecule is CC(C)(C)C1CCC(Oc2ccc3cc(CN4CCCC4)ccc3c2)CC1. The Kier molecular flexibility index (Phi) is 5.45. The fourth-order valence-corrected chi connectivity index (χ4v) is 4.88. The van der Waals surface area contributed by atoms with Crippen molar-refractivity contribution in [3.63, 3.8) is 0 Å². The van der Waals surface area contributed by atoms with Gasteiger partial charge in [0.1, 0.15) is 5.75 Å². The van der Waals surface area contributed by atoms with Crippen LogP contribution in [0.2, 0.25) is 0 Å². The summed E-state index contributed by atoms with van der Waals surface area (Å²) in [6.45, 7) is 10.7. The van der Waals surface area contributed by atoms with Crippen LogP contribution in [0.4, 0.5) is 0 Å². The lowest BCUT2D eigenvalue weighted by Crippen LogP contribution is -2.30. The molecule has 0 bridgehead atoms. The zero-order chi connectivity index (χ0) is 18.9. The number of hydrogen-bond donors (Lipinski definition) is 0. The van der Waals surface area contributed by atoms with Gasteiger partial charge in [-0.05, 0) is 97.5 Å². The van der Waals surface area contributed by atoms with Gasteiger partial charge in [-0.15, -0.1) is 0 Å². The van der Waals surface area contributed by atoms with Gasteiger partial charge in [-0.2, -0.15) is 0 Å². The van der Waals surface area contributed by atoms with Gasteiger partial charge < -0.3 is 4.74 Å². The van der Waals surface area contributed by atoms with Crippen molar-refractivity contribution in [2.24, 2.45) is 11.3 Å². The molecule has 1 saturated heterocycles. The van der Waals surface area contributed by atoms with Crippen LogP contribution in [-0.4, -0.2) is 24.1 Å². The minimum Gasteiger partial charge on any atom is -0.490 e. The highest BCUT2D eigenvalue weighted by atomic mass is 16.5. The molecule has 27 heavy (non-hydrogen) atoms. The lowest BCUT2D eigenvalue weighted by atomic mass is 9.72. The molecule has 2 fully saturated rings. The van der Waals surface area contributed by atoms with Crippen LogP contribution in [0.1, 0.15) is 64.9 Å². The third kappa shape index (κ3) is 4.66. The topological polar surface area (TPSA) is 12.5 Å². The Morgan fingerprint density at radius 2 is 1.56 bits per heavy atom. The second-order valence-corrected chi connectivity index (χ2v) is 9.78. The van der Waals surface area contributed by atoms with E-state index in [1.54, 1.807) is 0 Å². The van der Waals surface area contributed by atoms with Crippen molar-refractivity contribution in [3.8, 4) is 5.75 Å². The third-order valence-electron chi connectivity index (χ3n) is 6.68. The van der Waals surface area contributed by atoms with Gasteiger partial charge in [-0.25, -0.2) is 0 Å². The van der Waals surface area contributed by atoms with Crippen molar-refractivity contribution in [1.82, 2.24) is 4.90 Å². The van der Waals surface area contributed by atoms with Crippen molar-refractivity contribution in [3.05, 3.63) is 42.0 Å². The maximum Gasteiger partial charge on any atom is 0.120 e. The van der Waals surface area contributed by atoms with E-state index in [1.807, 2.05) is 0 Å². The van der Waals surface area contributed by atoms with E-state index in [0.717, 1.165) is 18.2 Å². The molecule has 2 heteroatoms. The average Bonchev–Trinajstić information content (AvgIpc) is 3.14. The molecule has 1 saturated carbocycles. The van der Waals surface area contributed by atoms with Crippen LogP contribution in [-0.2, 0) is 6.54 Å². The molecule has 2 nitrogen and oxygen atoms in total. The van der Waals surface area contributed by atoms with Crippen molar-refractivity contribution in [2.75, 3.05) is 13.1 Å². The molecule has 0 N–H and O–H groups in total. The van der Waals surface area contributed by atoms with E-state index in [4.69, 9.17) is 4.74 Å². The quantitative estimate of drug-likeness (QED) is 0.620. The highest BCUT2D eigenvalue weighted by Crippen LogP contribution is 2.39. The predicted octanol–water partition coefficient (Wildman–Crippen LogP) is 6.42. The molecule has 0 spiro atoms. The second kappa shape index (κ2) is 7.83. The highest BCUT2D eigenvalue weighted by molar-refractivity contribution is 5.84. The summed E-state index contributed by atoms with van der Waals surface area (Å²) >= 11 is 0. The molecule has 0 amide bonds. The second-order valence-electron chi connectivity index (χ2n) is 9.78. The molecular weight excluding hydrogens is 330 g/mol. The van der Waals surface area contributed by atoms with E-state index in [9.17, 15) is 0 Å². The molecule has 0 unspecified atom stereocenters. The zero-order valence-electron chi connectivity index (χ0n) is 17.3. The van der Waals surface area contributed by atoms with Gasteiger partial charge in [-0.1, -0.05) is 39.0 Å². The molecule has 0 aromatic heterocycles. The van der Waals surface area contributed by atoms with E-state index in [-0.39, 0.29) is 0 Å². The van der Waals surface area contributed by atoms with Crippen LogP contribution in [0.5, 0.6) is 5.75 Å². The molecule has 0 radical (unpaired) electrons. The lowest BCUT2D eigenvalue weighted by molar-refractivity contribution is 0.0883. The lowest BCUT2D eigenvalue weighted by Gasteiger charge is -2.37. The van der Waals surface area contributed by atoms with Gasteiger partial charge in [0.15, 0.2) is 0 Å². The van der Waals surface area contributed by atoms with E-state index >= 15 is 0 Å². The Morgan fingerprint density at radius 3 is 2.26 bits per heavy atom. The molecular formula is C25H35NO. The first-order valence-electron chi connectivity index (χ1n) is 10.9. The Morgan fingerprint density at radius 1 is 0.889 bits per heavy atom. The third-order valence-corrected chi connectivity index (χ3v) is 6.68. The summed E-state index contributed by atoms with van der Waals surface area (Å²) in [4.78, 5) is 2.56. The fraction of sp³-hybridized carbons (Fsp3) is 0.600. The first-order valence-corrected chi connectivity index (χ1v) is 10.9. The number of fused-ring (bicyclic) bond motifs is 1. The number of ether oxygens (including phenoxy) is 1. The Hall–Kier alpha value is -1.54. The number of likely N-dealkylation sites (tertiary alicyclic amines) is 1. The predicted molar refractivity (Wildman–Crippen MR) is 114 cm³/mol. The summed E-state index contributed by atoms with van der Waals surface area (Å²) in [6, 6.07) is 13.5. The van der Waals surface area contributed by atoms with Gasteiger partial charge in [0.25, 0.3) is 0 Å². The molecule has 1 aliphatic heterocycles. The van der Waals surface area contributed by atoms with Crippen LogP contribution in [0.15, 0.2) is 36.4 Å². The summed E-state index contributed by atoms with van der Waals surface area (Å²) < 4.78 is 6.35. The van der Waals surface area contributed by atoms with Gasteiger partial charge in [0.05, 0.1) is 6.10 Å². The Bertz CT molecular complexity index is 761. The van der Waals surface area contributed by atoms with Crippen LogP contribution >= 0.6 is 0 Å². The maximum absolute atomic E-state index is 6.35. The molecule has 146 valence electrons. The normalized spacial score (nSPS) is 24.4. The number of rotatable bonds is 4. The van der Waals surface area contributed by atoms with Gasteiger partial charge >= 0.3 is 0 Å². The summed E-state index contributed by atoms with van der Waals surface area (Å²) in [5.41, 5.74) is 1.86. The summed E-state index contributed by atoms with van der Waals surface area (Å²) in [6.07, 6.45) is 8.06. The van der Waals surface area contributed by atoms with E-state index in [0.29, 0.717) is 11.5 Å². The van der Waals surface area contributed by atoms with Crippen molar-refractivity contribution >= 4 is 10.8 Å². The summed E-state index contributed by atoms with van der Waals surface area (Å²) in [7, 11) is 0. The van der Waals surface area contributed by atoms with Gasteiger partial charge in [0.2, 0.25) is 0 Å². The average molecular weight is 366 g/mol. The maximum atomic E-state index is 6.35. The van der Waals surface area contributed by atoms with Crippen molar-refractivity contribution in [2.45, 2.75) is 71.9 Å². The highest BCUT2D eigenvalue weighted by Gasteiger charge is 2.30. The Balaban J connectivity index is 1.38. The minimum atomic E-state index is 0.385. The molecule has 2 aromatic rings. The summed E-state index contributed by atoms with van der Waals surface area (Å²) in [5, 5.41) is 2.62. The molecule has 0 atom stereocenters. The number of hydrogen-bond acceptors (Lipinski definition) is 2. The van der Waals surface area contributed by atoms with Gasteiger partial charge in [0, 0.05) is 6.54 Å². The van der Waals surface area contributed by atoms with E-state index in [2.05, 4.69) is 62.1 Å². The largest absolute Gasteiger partial charge is 0.490 e. The van der Waals surface area contributed by atoms with E-state index in [1.165, 1.54) is 68.0 Å². The first kappa shape index (κ1) is 18.8. The minimum absolute atomic E-state index is 0.385. The van der Waals surface area contributed by atoms with Crippen LogP contribution in [0.25, 0.3) is 10.8 Å². The van der Waals surface area contributed by atoms with Crippen molar-refractivity contribution in [1.29, 1.82) is 0 Å². The first-order chi connectivity index (χ1) is 13.0. The Labute approximate surface area is 164 Å². The standard InChI is InChI=1S/C25H35NO/c1-25(2,3)22-9-12-23(13-10-22)27-24-11-8-20-16-19(6-7-21(20)17-24)18-26-14-4-5-15-26/h6-8,11,16-17,22-23H,4-5,9-10,12-15,18H2,1-3H3. The molecule has 1 heterocycles. The molecule has 1 aliphatic carbocycles. The monoisotopic (exact) mass is 365 g/mol. The van der Waals surface area contributed by atoms with E-state index < -0.39 is 0 Å². The van der Waals surface area contributed by atoms with Crippen LogP contribution < -0.4 is 4.74 Å². The molecule has 2 aromatic carbocycles. The number of benzene rings is 2. The van der Waals surface area contributed by atoms with Crippen LogP contribution in [0.3, 0.4) is 0 Å². The fourth-order valence-electron chi connectivity index (χ4n) is 4.88. The zero-order valence-corrected chi connectivity index (χ0v) is 17.3. The van der Waals surface area contributed by atoms with Crippen molar-refractivity contribution < 1.29 is 4.74 Å². The molecule has 2 aliphatic rings.